The lowest BCUT2D eigenvalue weighted by atomic mass is 10.0. The van der Waals surface area contributed by atoms with Crippen molar-refractivity contribution in [1.82, 2.24) is 0 Å². The molecule has 0 bridgehead atoms. The van der Waals surface area contributed by atoms with Gasteiger partial charge in [-0.05, 0) is 55.7 Å². The van der Waals surface area contributed by atoms with Crippen molar-refractivity contribution >= 4 is 11.0 Å². The second-order valence-corrected chi connectivity index (χ2v) is 5.62. The fourth-order valence-electron chi connectivity index (χ4n) is 2.72. The highest BCUT2D eigenvalue weighted by Gasteiger charge is 2.06. The summed E-state index contributed by atoms with van der Waals surface area (Å²) in [5.74, 6) is 0.696. The van der Waals surface area contributed by atoms with Gasteiger partial charge >= 0.3 is 5.63 Å². The van der Waals surface area contributed by atoms with Crippen LogP contribution < -0.4 is 10.4 Å². The van der Waals surface area contributed by atoms with Crippen LogP contribution >= 0.6 is 0 Å². The van der Waals surface area contributed by atoms with Gasteiger partial charge in [0.25, 0.3) is 0 Å². The Hall–Kier alpha value is -2.55. The van der Waals surface area contributed by atoms with E-state index in [0.717, 1.165) is 5.39 Å². The smallest absolute Gasteiger partial charge is 0.336 e. The summed E-state index contributed by atoms with van der Waals surface area (Å²) in [6.45, 7) is 6.78. The second-order valence-electron chi connectivity index (χ2n) is 5.62. The van der Waals surface area contributed by atoms with Gasteiger partial charge in [-0.15, -0.1) is 0 Å². The van der Waals surface area contributed by atoms with E-state index in [1.165, 1.54) is 28.3 Å². The molecule has 0 saturated carbocycles. The average molecular weight is 294 g/mol. The van der Waals surface area contributed by atoms with E-state index in [1.807, 2.05) is 12.1 Å². The molecule has 3 rings (SSSR count). The lowest BCUT2D eigenvalue weighted by Crippen LogP contribution is -2.01. The van der Waals surface area contributed by atoms with E-state index >= 15 is 0 Å². The molecule has 3 heteroatoms. The summed E-state index contributed by atoms with van der Waals surface area (Å²) in [5.41, 5.74) is 5.10. The molecule has 0 aliphatic heterocycles. The summed E-state index contributed by atoms with van der Waals surface area (Å²) in [7, 11) is 0. The first-order valence-electron chi connectivity index (χ1n) is 7.26. The van der Waals surface area contributed by atoms with E-state index in [4.69, 9.17) is 9.15 Å². The normalized spacial score (nSPS) is 10.9. The van der Waals surface area contributed by atoms with Gasteiger partial charge < -0.3 is 9.15 Å². The third-order valence-corrected chi connectivity index (χ3v) is 3.82. The van der Waals surface area contributed by atoms with Gasteiger partial charge in [0.05, 0.1) is 0 Å². The molecule has 3 nitrogen and oxygen atoms in total. The number of ether oxygens (including phenoxy) is 1. The molecule has 0 atom stereocenters. The SMILES string of the molecule is Cc1cc(C)c(COc2ccc3ccc(=O)oc3c2)c(C)c1. The van der Waals surface area contributed by atoms with Crippen LogP contribution in [0.5, 0.6) is 5.75 Å². The molecule has 112 valence electrons. The van der Waals surface area contributed by atoms with Crippen molar-refractivity contribution in [3.63, 3.8) is 0 Å². The number of hydrogen-bond donors (Lipinski definition) is 0. The van der Waals surface area contributed by atoms with Crippen LogP contribution in [0, 0.1) is 20.8 Å². The van der Waals surface area contributed by atoms with Gasteiger partial charge in [0.1, 0.15) is 17.9 Å². The van der Waals surface area contributed by atoms with Gasteiger partial charge in [0.15, 0.2) is 0 Å². The van der Waals surface area contributed by atoms with Gasteiger partial charge in [0.2, 0.25) is 0 Å². The molecular formula is C19H18O3. The van der Waals surface area contributed by atoms with E-state index in [9.17, 15) is 4.79 Å². The first-order valence-corrected chi connectivity index (χ1v) is 7.26. The zero-order chi connectivity index (χ0) is 15.7. The van der Waals surface area contributed by atoms with Crippen LogP contribution in [0.25, 0.3) is 11.0 Å². The van der Waals surface area contributed by atoms with Crippen LogP contribution in [0.2, 0.25) is 0 Å². The van der Waals surface area contributed by atoms with Gasteiger partial charge in [-0.3, -0.25) is 0 Å². The summed E-state index contributed by atoms with van der Waals surface area (Å²) in [6, 6.07) is 13.0. The number of hydrogen-bond acceptors (Lipinski definition) is 3. The van der Waals surface area contributed by atoms with Crippen molar-refractivity contribution in [2.45, 2.75) is 27.4 Å². The Morgan fingerprint density at radius 2 is 1.64 bits per heavy atom. The molecule has 0 unspecified atom stereocenters. The van der Waals surface area contributed by atoms with Gasteiger partial charge in [0, 0.05) is 17.5 Å². The van der Waals surface area contributed by atoms with Crippen molar-refractivity contribution in [3.8, 4) is 5.75 Å². The highest BCUT2D eigenvalue weighted by Crippen LogP contribution is 2.22. The van der Waals surface area contributed by atoms with E-state index in [0.29, 0.717) is 17.9 Å². The Morgan fingerprint density at radius 1 is 0.955 bits per heavy atom. The first kappa shape index (κ1) is 14.4. The number of rotatable bonds is 3. The lowest BCUT2D eigenvalue weighted by Gasteiger charge is -2.13. The third-order valence-electron chi connectivity index (χ3n) is 3.82. The Morgan fingerprint density at radius 3 is 2.36 bits per heavy atom. The van der Waals surface area contributed by atoms with Gasteiger partial charge in [-0.1, -0.05) is 17.7 Å². The highest BCUT2D eigenvalue weighted by atomic mass is 16.5. The van der Waals surface area contributed by atoms with Crippen molar-refractivity contribution < 1.29 is 9.15 Å². The van der Waals surface area contributed by atoms with E-state index in [2.05, 4.69) is 32.9 Å². The van der Waals surface area contributed by atoms with Crippen LogP contribution in [0.3, 0.4) is 0 Å². The molecule has 0 aliphatic carbocycles. The second kappa shape index (κ2) is 5.68. The highest BCUT2D eigenvalue weighted by molar-refractivity contribution is 5.77. The minimum absolute atomic E-state index is 0.352. The molecule has 22 heavy (non-hydrogen) atoms. The zero-order valence-electron chi connectivity index (χ0n) is 13.0. The number of fused-ring (bicyclic) bond motifs is 1. The Labute approximate surface area is 129 Å². The monoisotopic (exact) mass is 294 g/mol. The van der Waals surface area contributed by atoms with Crippen molar-refractivity contribution in [3.05, 3.63) is 75.1 Å². The topological polar surface area (TPSA) is 39.4 Å². The van der Waals surface area contributed by atoms with Crippen molar-refractivity contribution in [2.24, 2.45) is 0 Å². The number of benzene rings is 2. The van der Waals surface area contributed by atoms with Gasteiger partial charge in [-0.25, -0.2) is 4.79 Å². The molecule has 0 amide bonds. The fraction of sp³-hybridized carbons (Fsp3) is 0.211. The molecule has 0 fully saturated rings. The maximum Gasteiger partial charge on any atom is 0.336 e. The van der Waals surface area contributed by atoms with Crippen molar-refractivity contribution in [2.75, 3.05) is 0 Å². The fourth-order valence-corrected chi connectivity index (χ4v) is 2.72. The quantitative estimate of drug-likeness (QED) is 0.676. The predicted octanol–water partition coefficient (Wildman–Crippen LogP) is 4.30. The number of aryl methyl sites for hydroxylation is 3. The Balaban J connectivity index is 1.86. The van der Waals surface area contributed by atoms with Crippen LogP contribution in [-0.4, -0.2) is 0 Å². The molecule has 0 N–H and O–H groups in total. The van der Waals surface area contributed by atoms with Crippen LogP contribution in [0.15, 0.2) is 51.7 Å². The summed E-state index contributed by atoms with van der Waals surface area (Å²) >= 11 is 0. The third kappa shape index (κ3) is 2.89. The lowest BCUT2D eigenvalue weighted by molar-refractivity contribution is 0.304. The summed E-state index contributed by atoms with van der Waals surface area (Å²) < 4.78 is 11.1. The first-order chi connectivity index (χ1) is 10.5. The Bertz CT molecular complexity index is 868. The van der Waals surface area contributed by atoms with Crippen LogP contribution in [0.4, 0.5) is 0 Å². The minimum Gasteiger partial charge on any atom is -0.489 e. The maximum absolute atomic E-state index is 11.3. The molecule has 0 aliphatic rings. The Kier molecular flexibility index (Phi) is 3.72. The molecule has 0 radical (unpaired) electrons. The largest absolute Gasteiger partial charge is 0.489 e. The molecule has 1 aromatic heterocycles. The molecule has 3 aromatic rings. The molecule has 1 heterocycles. The average Bonchev–Trinajstić information content (AvgIpc) is 2.45. The summed E-state index contributed by atoms with van der Waals surface area (Å²) in [4.78, 5) is 11.3. The molecule has 2 aromatic carbocycles. The standard InChI is InChI=1S/C19H18O3/c1-12-8-13(2)17(14(3)9-12)11-21-16-6-4-15-5-7-19(20)22-18(15)10-16/h4-10H,11H2,1-3H3. The van der Waals surface area contributed by atoms with Crippen LogP contribution in [-0.2, 0) is 6.61 Å². The zero-order valence-corrected chi connectivity index (χ0v) is 13.0. The molecule has 0 saturated heterocycles. The summed E-state index contributed by atoms with van der Waals surface area (Å²) in [6.07, 6.45) is 0. The van der Waals surface area contributed by atoms with Gasteiger partial charge in [-0.2, -0.15) is 0 Å². The van der Waals surface area contributed by atoms with E-state index in [1.54, 1.807) is 12.1 Å². The molecular weight excluding hydrogens is 276 g/mol. The van der Waals surface area contributed by atoms with Crippen molar-refractivity contribution in [1.29, 1.82) is 0 Å². The van der Waals surface area contributed by atoms with E-state index < -0.39 is 0 Å². The summed E-state index contributed by atoms with van der Waals surface area (Å²) in [5, 5.41) is 0.884. The maximum atomic E-state index is 11.3. The molecule has 0 spiro atoms. The van der Waals surface area contributed by atoms with Crippen LogP contribution in [0.1, 0.15) is 22.3 Å². The predicted molar refractivity (Wildman–Crippen MR) is 87.5 cm³/mol. The van der Waals surface area contributed by atoms with E-state index in [-0.39, 0.29) is 5.63 Å². The minimum atomic E-state index is -0.352.